The summed E-state index contributed by atoms with van der Waals surface area (Å²) in [6.07, 6.45) is 0. The Hall–Kier alpha value is -1.56. The van der Waals surface area contributed by atoms with Crippen LogP contribution in [0.1, 0.15) is 9.67 Å². The Morgan fingerprint density at radius 1 is 1.44 bits per heavy atom. The molecule has 0 aromatic carbocycles. The molecule has 5 nitrogen and oxygen atoms in total. The predicted octanol–water partition coefficient (Wildman–Crippen LogP) is 1.00. The summed E-state index contributed by atoms with van der Waals surface area (Å²) in [6.45, 7) is -0.0600. The predicted molar refractivity (Wildman–Crippen MR) is 59.8 cm³/mol. The van der Waals surface area contributed by atoms with E-state index in [9.17, 15) is 9.59 Å². The zero-order valence-electron chi connectivity index (χ0n) is 9.35. The minimum atomic E-state index is -0.445. The molecule has 1 heterocycles. The van der Waals surface area contributed by atoms with Crippen LogP contribution in [0.3, 0.4) is 0 Å². The SMILES string of the molecule is COC(=O)CN(C)C(=O)c1cc(OC)cs1. The van der Waals surface area contributed by atoms with Crippen molar-refractivity contribution in [1.29, 1.82) is 0 Å². The zero-order valence-corrected chi connectivity index (χ0v) is 10.2. The van der Waals surface area contributed by atoms with Crippen molar-refractivity contribution in [1.82, 2.24) is 4.90 Å². The van der Waals surface area contributed by atoms with Crippen LogP contribution in [-0.2, 0) is 9.53 Å². The average molecular weight is 243 g/mol. The number of methoxy groups -OCH3 is 2. The number of rotatable bonds is 4. The minimum absolute atomic E-state index is 0.0600. The van der Waals surface area contributed by atoms with Crippen molar-refractivity contribution in [2.24, 2.45) is 0 Å². The van der Waals surface area contributed by atoms with Crippen molar-refractivity contribution in [2.45, 2.75) is 0 Å². The van der Waals surface area contributed by atoms with E-state index in [4.69, 9.17) is 4.74 Å². The highest BCUT2D eigenvalue weighted by Crippen LogP contribution is 2.22. The molecule has 1 aromatic heterocycles. The van der Waals surface area contributed by atoms with Crippen LogP contribution in [-0.4, -0.2) is 44.6 Å². The second kappa shape index (κ2) is 5.50. The Labute approximate surface area is 97.6 Å². The molecule has 88 valence electrons. The highest BCUT2D eigenvalue weighted by Gasteiger charge is 2.17. The van der Waals surface area contributed by atoms with E-state index in [0.29, 0.717) is 10.6 Å². The molecule has 0 aliphatic rings. The monoisotopic (exact) mass is 243 g/mol. The van der Waals surface area contributed by atoms with Crippen LogP contribution in [0.15, 0.2) is 11.4 Å². The Balaban J connectivity index is 2.66. The highest BCUT2D eigenvalue weighted by atomic mass is 32.1. The van der Waals surface area contributed by atoms with Crippen molar-refractivity contribution in [3.8, 4) is 5.75 Å². The van der Waals surface area contributed by atoms with Crippen LogP contribution in [0.4, 0.5) is 0 Å². The van der Waals surface area contributed by atoms with Crippen LogP contribution in [0.25, 0.3) is 0 Å². The summed E-state index contributed by atoms with van der Waals surface area (Å²) in [6, 6.07) is 1.64. The highest BCUT2D eigenvalue weighted by molar-refractivity contribution is 7.12. The third-order valence-corrected chi connectivity index (χ3v) is 2.86. The number of hydrogen-bond donors (Lipinski definition) is 0. The third-order valence-electron chi connectivity index (χ3n) is 1.96. The quantitative estimate of drug-likeness (QED) is 0.740. The number of carbonyl (C=O) groups excluding carboxylic acids is 2. The maximum Gasteiger partial charge on any atom is 0.325 e. The lowest BCUT2D eigenvalue weighted by molar-refractivity contribution is -0.141. The summed E-state index contributed by atoms with van der Waals surface area (Å²) >= 11 is 1.28. The van der Waals surface area contributed by atoms with Crippen LogP contribution < -0.4 is 4.74 Å². The molecule has 0 bridgehead atoms. The average Bonchev–Trinajstić information content (AvgIpc) is 2.76. The van der Waals surface area contributed by atoms with E-state index in [1.165, 1.54) is 30.5 Å². The summed E-state index contributed by atoms with van der Waals surface area (Å²) in [5, 5.41) is 1.74. The van der Waals surface area contributed by atoms with Crippen molar-refractivity contribution >= 4 is 23.2 Å². The summed E-state index contributed by atoms with van der Waals surface area (Å²) in [5.74, 6) is -0.0297. The molecule has 0 aliphatic carbocycles. The Morgan fingerprint density at radius 2 is 2.12 bits per heavy atom. The van der Waals surface area contributed by atoms with Gasteiger partial charge in [0.25, 0.3) is 5.91 Å². The smallest absolute Gasteiger partial charge is 0.325 e. The Bertz CT molecular complexity index is 388. The van der Waals surface area contributed by atoms with Gasteiger partial charge < -0.3 is 14.4 Å². The molecule has 0 unspecified atom stereocenters. The molecule has 0 aliphatic heterocycles. The molecular formula is C10H13NO4S. The van der Waals surface area contributed by atoms with E-state index >= 15 is 0 Å². The fourth-order valence-electron chi connectivity index (χ4n) is 1.06. The van der Waals surface area contributed by atoms with Crippen molar-refractivity contribution in [3.63, 3.8) is 0 Å². The van der Waals surface area contributed by atoms with Gasteiger partial charge in [-0.2, -0.15) is 0 Å². The lowest BCUT2D eigenvalue weighted by Crippen LogP contribution is -2.32. The number of thiophene rings is 1. The van der Waals surface area contributed by atoms with Crippen molar-refractivity contribution in [2.75, 3.05) is 27.8 Å². The molecule has 1 amide bonds. The van der Waals surface area contributed by atoms with Gasteiger partial charge in [-0.15, -0.1) is 11.3 Å². The van der Waals surface area contributed by atoms with Gasteiger partial charge in [0.15, 0.2) is 0 Å². The van der Waals surface area contributed by atoms with Gasteiger partial charge in [-0.25, -0.2) is 0 Å². The standard InChI is InChI=1S/C10H13NO4S/c1-11(5-9(12)15-3)10(13)8-4-7(14-2)6-16-8/h4,6H,5H2,1-3H3. The largest absolute Gasteiger partial charge is 0.496 e. The molecule has 0 radical (unpaired) electrons. The number of likely N-dealkylation sites (N-methyl/N-ethyl adjacent to an activating group) is 1. The van der Waals surface area contributed by atoms with Crippen LogP contribution in [0.5, 0.6) is 5.75 Å². The van der Waals surface area contributed by atoms with Crippen molar-refractivity contribution in [3.05, 3.63) is 16.3 Å². The molecule has 0 fully saturated rings. The van der Waals surface area contributed by atoms with E-state index in [1.807, 2.05) is 0 Å². The first-order valence-corrected chi connectivity index (χ1v) is 5.41. The molecule has 0 spiro atoms. The number of nitrogens with zero attached hydrogens (tertiary/aromatic N) is 1. The van der Waals surface area contributed by atoms with Gasteiger partial charge in [0, 0.05) is 18.5 Å². The molecule has 6 heteroatoms. The van der Waals surface area contributed by atoms with E-state index in [1.54, 1.807) is 18.5 Å². The maximum atomic E-state index is 11.8. The van der Waals surface area contributed by atoms with Crippen LogP contribution >= 0.6 is 11.3 Å². The maximum absolute atomic E-state index is 11.8. The van der Waals surface area contributed by atoms with Gasteiger partial charge in [-0.3, -0.25) is 9.59 Å². The Kier molecular flexibility index (Phi) is 4.30. The second-order valence-corrected chi connectivity index (χ2v) is 4.00. The first-order chi connectivity index (χ1) is 7.58. The molecule has 0 N–H and O–H groups in total. The number of ether oxygens (including phenoxy) is 2. The lowest BCUT2D eigenvalue weighted by atomic mass is 10.4. The molecule has 16 heavy (non-hydrogen) atoms. The van der Waals surface area contributed by atoms with Gasteiger partial charge in [0.2, 0.25) is 0 Å². The number of carbonyl (C=O) groups is 2. The first kappa shape index (κ1) is 12.5. The molecule has 0 atom stereocenters. The molecule has 0 saturated carbocycles. The molecule has 0 saturated heterocycles. The normalized spacial score (nSPS) is 9.69. The Morgan fingerprint density at radius 3 is 2.62 bits per heavy atom. The summed E-state index contributed by atoms with van der Waals surface area (Å²) in [5.41, 5.74) is 0. The van der Waals surface area contributed by atoms with Gasteiger partial charge in [-0.05, 0) is 0 Å². The summed E-state index contributed by atoms with van der Waals surface area (Å²) < 4.78 is 9.45. The fourth-order valence-corrected chi connectivity index (χ4v) is 1.90. The second-order valence-electron chi connectivity index (χ2n) is 3.09. The number of esters is 1. The topological polar surface area (TPSA) is 55.8 Å². The fraction of sp³-hybridized carbons (Fsp3) is 0.400. The van der Waals surface area contributed by atoms with E-state index in [0.717, 1.165) is 0 Å². The molecule has 1 rings (SSSR count). The third kappa shape index (κ3) is 2.96. The lowest BCUT2D eigenvalue weighted by Gasteiger charge is -2.13. The summed E-state index contributed by atoms with van der Waals surface area (Å²) in [7, 11) is 4.37. The van der Waals surface area contributed by atoms with Gasteiger partial charge >= 0.3 is 5.97 Å². The van der Waals surface area contributed by atoms with Gasteiger partial charge in [0.05, 0.1) is 19.1 Å². The van der Waals surface area contributed by atoms with E-state index in [-0.39, 0.29) is 12.5 Å². The van der Waals surface area contributed by atoms with Gasteiger partial charge in [-0.1, -0.05) is 0 Å². The minimum Gasteiger partial charge on any atom is -0.496 e. The van der Waals surface area contributed by atoms with E-state index < -0.39 is 5.97 Å². The van der Waals surface area contributed by atoms with Crippen LogP contribution in [0.2, 0.25) is 0 Å². The van der Waals surface area contributed by atoms with Gasteiger partial charge in [0.1, 0.15) is 12.3 Å². The number of amides is 1. The zero-order chi connectivity index (χ0) is 12.1. The molecular weight excluding hydrogens is 230 g/mol. The summed E-state index contributed by atoms with van der Waals surface area (Å²) in [4.78, 5) is 24.6. The van der Waals surface area contributed by atoms with Crippen molar-refractivity contribution < 1.29 is 19.1 Å². The van der Waals surface area contributed by atoms with E-state index in [2.05, 4.69) is 4.74 Å². The number of hydrogen-bond acceptors (Lipinski definition) is 5. The first-order valence-electron chi connectivity index (χ1n) is 4.53. The molecule has 1 aromatic rings. The van der Waals surface area contributed by atoms with Crippen LogP contribution in [0, 0.1) is 0 Å².